The molecule has 1 aromatic heterocycles. The third-order valence-electron chi connectivity index (χ3n) is 4.21. The number of carbonyl (C=O) groups is 2. The van der Waals surface area contributed by atoms with Gasteiger partial charge in [0.05, 0.1) is 18.2 Å². The Morgan fingerprint density at radius 1 is 1.22 bits per heavy atom. The first-order valence-electron chi connectivity index (χ1n) is 8.63. The molecule has 1 aliphatic rings. The molecule has 142 valence electrons. The summed E-state index contributed by atoms with van der Waals surface area (Å²) in [4.78, 5) is 31.9. The molecular formula is C19H21N3O5. The zero-order valence-corrected chi connectivity index (χ0v) is 15.1. The SMILES string of the molecule is Cc1cc(C(=O)N[C@@H]2CCOC[C@H]2Oc2ccc(C(=O)O)cc2)nc(C)n1. The third-order valence-corrected chi connectivity index (χ3v) is 4.21. The molecule has 0 bridgehead atoms. The van der Waals surface area contributed by atoms with Gasteiger partial charge in [-0.25, -0.2) is 14.8 Å². The molecule has 2 heterocycles. The van der Waals surface area contributed by atoms with E-state index in [0.29, 0.717) is 36.9 Å². The van der Waals surface area contributed by atoms with Crippen molar-refractivity contribution in [1.82, 2.24) is 15.3 Å². The summed E-state index contributed by atoms with van der Waals surface area (Å²) in [6.07, 6.45) is 0.217. The van der Waals surface area contributed by atoms with Crippen molar-refractivity contribution in [3.05, 3.63) is 53.1 Å². The molecule has 1 fully saturated rings. The van der Waals surface area contributed by atoms with E-state index >= 15 is 0 Å². The number of carbonyl (C=O) groups excluding carboxylic acids is 1. The van der Waals surface area contributed by atoms with Crippen molar-refractivity contribution < 1.29 is 24.2 Å². The van der Waals surface area contributed by atoms with Crippen LogP contribution in [0.3, 0.4) is 0 Å². The minimum Gasteiger partial charge on any atom is -0.486 e. The number of hydrogen-bond acceptors (Lipinski definition) is 6. The lowest BCUT2D eigenvalue weighted by molar-refractivity contribution is -0.0135. The van der Waals surface area contributed by atoms with Crippen LogP contribution in [0.1, 0.15) is 38.8 Å². The van der Waals surface area contributed by atoms with Crippen LogP contribution >= 0.6 is 0 Å². The van der Waals surface area contributed by atoms with Gasteiger partial charge in [0.2, 0.25) is 0 Å². The van der Waals surface area contributed by atoms with Crippen LogP contribution in [0.25, 0.3) is 0 Å². The zero-order chi connectivity index (χ0) is 19.4. The maximum atomic E-state index is 12.6. The summed E-state index contributed by atoms with van der Waals surface area (Å²) in [7, 11) is 0. The van der Waals surface area contributed by atoms with Gasteiger partial charge in [0.15, 0.2) is 0 Å². The Morgan fingerprint density at radius 2 is 1.96 bits per heavy atom. The standard InChI is InChI=1S/C19H21N3O5/c1-11-9-16(21-12(2)20-11)18(23)22-15-7-8-26-10-17(15)27-14-5-3-13(4-6-14)19(24)25/h3-6,9,15,17H,7-8,10H2,1-2H3,(H,22,23)(H,24,25)/t15-,17-/m1/s1. The van der Waals surface area contributed by atoms with E-state index in [9.17, 15) is 9.59 Å². The summed E-state index contributed by atoms with van der Waals surface area (Å²) < 4.78 is 11.4. The molecule has 1 saturated heterocycles. The van der Waals surface area contributed by atoms with Gasteiger partial charge in [0.1, 0.15) is 23.4 Å². The fourth-order valence-electron chi connectivity index (χ4n) is 2.92. The number of rotatable bonds is 5. The zero-order valence-electron chi connectivity index (χ0n) is 15.1. The topological polar surface area (TPSA) is 111 Å². The molecule has 0 aliphatic carbocycles. The first-order chi connectivity index (χ1) is 12.9. The largest absolute Gasteiger partial charge is 0.486 e. The highest BCUT2D eigenvalue weighted by molar-refractivity contribution is 5.92. The molecule has 0 spiro atoms. The van der Waals surface area contributed by atoms with E-state index in [0.717, 1.165) is 5.69 Å². The molecule has 0 saturated carbocycles. The van der Waals surface area contributed by atoms with Gasteiger partial charge >= 0.3 is 5.97 Å². The highest BCUT2D eigenvalue weighted by Crippen LogP contribution is 2.19. The minimum absolute atomic E-state index is 0.182. The molecule has 1 aromatic carbocycles. The van der Waals surface area contributed by atoms with Crippen molar-refractivity contribution in [3.63, 3.8) is 0 Å². The van der Waals surface area contributed by atoms with Crippen LogP contribution in [0.5, 0.6) is 5.75 Å². The quantitative estimate of drug-likeness (QED) is 0.824. The number of aromatic nitrogens is 2. The van der Waals surface area contributed by atoms with Crippen LogP contribution in [0.4, 0.5) is 0 Å². The van der Waals surface area contributed by atoms with Gasteiger partial charge < -0.3 is 19.9 Å². The Labute approximate surface area is 156 Å². The molecule has 0 unspecified atom stereocenters. The Bertz CT molecular complexity index is 817. The number of amides is 1. The van der Waals surface area contributed by atoms with E-state index in [1.54, 1.807) is 25.1 Å². The first kappa shape index (κ1) is 18.8. The highest BCUT2D eigenvalue weighted by atomic mass is 16.5. The smallest absolute Gasteiger partial charge is 0.335 e. The second-order valence-corrected chi connectivity index (χ2v) is 6.37. The number of hydrogen-bond donors (Lipinski definition) is 2. The van der Waals surface area contributed by atoms with Gasteiger partial charge in [-0.1, -0.05) is 0 Å². The second-order valence-electron chi connectivity index (χ2n) is 6.37. The maximum absolute atomic E-state index is 12.6. The molecule has 0 radical (unpaired) electrons. The molecule has 1 amide bonds. The fraction of sp³-hybridized carbons (Fsp3) is 0.368. The number of nitrogens with one attached hydrogen (secondary N) is 1. The van der Waals surface area contributed by atoms with Gasteiger partial charge in [0.25, 0.3) is 5.91 Å². The van der Waals surface area contributed by atoms with Crippen molar-refractivity contribution in [2.75, 3.05) is 13.2 Å². The Kier molecular flexibility index (Phi) is 5.66. The Hall–Kier alpha value is -3.00. The number of ether oxygens (including phenoxy) is 2. The summed E-state index contributed by atoms with van der Waals surface area (Å²) in [6.45, 7) is 4.40. The van der Waals surface area contributed by atoms with Crippen LogP contribution in [0.2, 0.25) is 0 Å². The third kappa shape index (κ3) is 4.79. The lowest BCUT2D eigenvalue weighted by atomic mass is 10.1. The number of benzene rings is 1. The van der Waals surface area contributed by atoms with E-state index in [1.165, 1.54) is 12.1 Å². The van der Waals surface area contributed by atoms with E-state index in [-0.39, 0.29) is 23.6 Å². The van der Waals surface area contributed by atoms with Crippen molar-refractivity contribution >= 4 is 11.9 Å². The van der Waals surface area contributed by atoms with Gasteiger partial charge in [-0.05, 0) is 50.6 Å². The summed E-state index contributed by atoms with van der Waals surface area (Å²) in [5.74, 6) is -0.227. The van der Waals surface area contributed by atoms with Crippen LogP contribution in [0.15, 0.2) is 30.3 Å². The lowest BCUT2D eigenvalue weighted by Gasteiger charge is -2.32. The predicted octanol–water partition coefficient (Wildman–Crippen LogP) is 1.76. The number of aromatic carboxylic acids is 1. The second kappa shape index (κ2) is 8.13. The van der Waals surface area contributed by atoms with Crippen molar-refractivity contribution in [2.24, 2.45) is 0 Å². The fourth-order valence-corrected chi connectivity index (χ4v) is 2.92. The van der Waals surface area contributed by atoms with Gasteiger partial charge in [-0.2, -0.15) is 0 Å². The molecule has 2 aromatic rings. The van der Waals surface area contributed by atoms with Crippen LogP contribution in [-0.4, -0.2) is 52.3 Å². The summed E-state index contributed by atoms with van der Waals surface area (Å²) >= 11 is 0. The molecule has 27 heavy (non-hydrogen) atoms. The van der Waals surface area contributed by atoms with Gasteiger partial charge in [0, 0.05) is 12.3 Å². The van der Waals surface area contributed by atoms with Crippen LogP contribution in [-0.2, 0) is 4.74 Å². The molecular weight excluding hydrogens is 350 g/mol. The highest BCUT2D eigenvalue weighted by Gasteiger charge is 2.29. The molecule has 3 rings (SSSR count). The van der Waals surface area contributed by atoms with Crippen LogP contribution < -0.4 is 10.1 Å². The summed E-state index contributed by atoms with van der Waals surface area (Å²) in [6, 6.07) is 7.52. The molecule has 2 N–H and O–H groups in total. The van der Waals surface area contributed by atoms with E-state index in [2.05, 4.69) is 15.3 Å². The molecule has 8 heteroatoms. The first-order valence-corrected chi connectivity index (χ1v) is 8.63. The van der Waals surface area contributed by atoms with Gasteiger partial charge in [-0.3, -0.25) is 4.79 Å². The monoisotopic (exact) mass is 371 g/mol. The van der Waals surface area contributed by atoms with Crippen LogP contribution in [0, 0.1) is 13.8 Å². The van der Waals surface area contributed by atoms with E-state index in [4.69, 9.17) is 14.6 Å². The lowest BCUT2D eigenvalue weighted by Crippen LogP contribution is -2.51. The predicted molar refractivity (Wildman–Crippen MR) is 96.0 cm³/mol. The van der Waals surface area contributed by atoms with E-state index < -0.39 is 5.97 Å². The molecule has 1 aliphatic heterocycles. The molecule has 8 nitrogen and oxygen atoms in total. The number of carboxylic acid groups (broad SMARTS) is 1. The Balaban J connectivity index is 1.69. The Morgan fingerprint density at radius 3 is 2.63 bits per heavy atom. The normalized spacial score (nSPS) is 19.3. The van der Waals surface area contributed by atoms with Crippen molar-refractivity contribution in [3.8, 4) is 5.75 Å². The number of carboxylic acids is 1. The number of nitrogens with zero attached hydrogens (tertiary/aromatic N) is 2. The van der Waals surface area contributed by atoms with Crippen molar-refractivity contribution in [1.29, 1.82) is 0 Å². The van der Waals surface area contributed by atoms with Gasteiger partial charge in [-0.15, -0.1) is 0 Å². The van der Waals surface area contributed by atoms with Crippen molar-refractivity contribution in [2.45, 2.75) is 32.4 Å². The maximum Gasteiger partial charge on any atom is 0.335 e. The minimum atomic E-state index is -0.997. The number of aryl methyl sites for hydroxylation is 2. The van der Waals surface area contributed by atoms with E-state index in [1.807, 2.05) is 6.92 Å². The summed E-state index contributed by atoms with van der Waals surface area (Å²) in [5, 5.41) is 11.9. The molecule has 2 atom stereocenters. The average Bonchev–Trinajstić information content (AvgIpc) is 2.63. The average molecular weight is 371 g/mol. The summed E-state index contributed by atoms with van der Waals surface area (Å²) in [5.41, 5.74) is 1.23.